The van der Waals surface area contributed by atoms with Crippen LogP contribution in [-0.2, 0) is 11.3 Å². The van der Waals surface area contributed by atoms with Gasteiger partial charge in [-0.1, -0.05) is 35.5 Å². The van der Waals surface area contributed by atoms with E-state index in [0.717, 1.165) is 5.56 Å². The van der Waals surface area contributed by atoms with Gasteiger partial charge in [-0.2, -0.15) is 0 Å². The molecule has 0 saturated heterocycles. The van der Waals surface area contributed by atoms with Gasteiger partial charge in [0.1, 0.15) is 11.4 Å². The Balaban J connectivity index is 1.70. The van der Waals surface area contributed by atoms with Gasteiger partial charge in [-0.05, 0) is 19.4 Å². The molecule has 0 aliphatic carbocycles. The normalized spacial score (nSPS) is 10.6. The molecule has 0 atom stereocenters. The number of rotatable bonds is 5. The maximum Gasteiger partial charge on any atom is 0.339 e. The first-order chi connectivity index (χ1) is 12.5. The van der Waals surface area contributed by atoms with Gasteiger partial charge in [-0.25, -0.2) is 4.79 Å². The highest BCUT2D eigenvalue weighted by atomic mass is 16.5. The van der Waals surface area contributed by atoms with E-state index in [2.05, 4.69) is 15.5 Å². The van der Waals surface area contributed by atoms with Crippen molar-refractivity contribution in [2.45, 2.75) is 20.4 Å². The maximum atomic E-state index is 12.4. The van der Waals surface area contributed by atoms with Crippen molar-refractivity contribution in [3.63, 3.8) is 0 Å². The predicted octanol–water partition coefficient (Wildman–Crippen LogP) is 3.00. The van der Waals surface area contributed by atoms with Crippen LogP contribution in [0.4, 0.5) is 0 Å². The lowest BCUT2D eigenvalue weighted by atomic mass is 10.1. The van der Waals surface area contributed by atoms with Gasteiger partial charge in [0.05, 0.1) is 19.2 Å². The number of ether oxygens (including phenoxy) is 1. The third kappa shape index (κ3) is 3.37. The summed E-state index contributed by atoms with van der Waals surface area (Å²) in [5.41, 5.74) is 3.37. The second kappa shape index (κ2) is 7.26. The molecule has 1 amide bonds. The summed E-state index contributed by atoms with van der Waals surface area (Å²) in [6.07, 6.45) is 0. The second-order valence-corrected chi connectivity index (χ2v) is 5.85. The molecule has 7 heteroatoms. The minimum absolute atomic E-state index is 0.209. The van der Waals surface area contributed by atoms with E-state index in [1.165, 1.54) is 7.11 Å². The summed E-state index contributed by atoms with van der Waals surface area (Å²) in [6, 6.07) is 11.4. The molecule has 0 fully saturated rings. The number of aromatic nitrogens is 2. The summed E-state index contributed by atoms with van der Waals surface area (Å²) >= 11 is 0. The Labute approximate surface area is 150 Å². The zero-order valence-corrected chi connectivity index (χ0v) is 14.8. The number of carbonyl (C=O) groups excluding carboxylic acids is 2. The smallest absolute Gasteiger partial charge is 0.339 e. The van der Waals surface area contributed by atoms with Crippen LogP contribution in [0.1, 0.15) is 37.8 Å². The SMILES string of the molecule is COC(=O)c1c(C)[nH]c(C(=O)NCc2cc(-c3ccccc3)on2)c1C. The molecule has 0 saturated carbocycles. The molecule has 3 rings (SSSR count). The van der Waals surface area contributed by atoms with Crippen LogP contribution in [-0.4, -0.2) is 29.1 Å². The number of methoxy groups -OCH3 is 1. The molecule has 2 heterocycles. The molecular formula is C19H19N3O4. The van der Waals surface area contributed by atoms with Crippen molar-refractivity contribution < 1.29 is 18.8 Å². The molecule has 0 spiro atoms. The third-order valence-corrected chi connectivity index (χ3v) is 4.10. The lowest BCUT2D eigenvalue weighted by Crippen LogP contribution is -2.24. The van der Waals surface area contributed by atoms with Crippen molar-refractivity contribution in [1.29, 1.82) is 0 Å². The first-order valence-corrected chi connectivity index (χ1v) is 8.08. The van der Waals surface area contributed by atoms with Crippen LogP contribution in [0, 0.1) is 13.8 Å². The highest BCUT2D eigenvalue weighted by Gasteiger charge is 2.22. The second-order valence-electron chi connectivity index (χ2n) is 5.85. The zero-order valence-electron chi connectivity index (χ0n) is 14.8. The van der Waals surface area contributed by atoms with Gasteiger partial charge in [-0.15, -0.1) is 0 Å². The Bertz CT molecular complexity index is 941. The van der Waals surface area contributed by atoms with E-state index in [1.807, 2.05) is 30.3 Å². The van der Waals surface area contributed by atoms with Crippen molar-refractivity contribution in [2.75, 3.05) is 7.11 Å². The molecular weight excluding hydrogens is 334 g/mol. The van der Waals surface area contributed by atoms with Gasteiger partial charge < -0.3 is 19.6 Å². The Morgan fingerprint density at radius 1 is 1.23 bits per heavy atom. The molecule has 0 radical (unpaired) electrons. The van der Waals surface area contributed by atoms with Crippen molar-refractivity contribution in [3.05, 3.63) is 64.6 Å². The van der Waals surface area contributed by atoms with Crippen molar-refractivity contribution >= 4 is 11.9 Å². The standard InChI is InChI=1S/C19H19N3O4/c1-11-16(19(24)25-3)12(2)21-17(11)18(23)20-10-14-9-15(26-22-14)13-7-5-4-6-8-13/h4-9,21H,10H2,1-3H3,(H,20,23). The summed E-state index contributed by atoms with van der Waals surface area (Å²) < 4.78 is 10.1. The quantitative estimate of drug-likeness (QED) is 0.687. The lowest BCUT2D eigenvalue weighted by Gasteiger charge is -2.03. The molecule has 0 aliphatic heterocycles. The maximum absolute atomic E-state index is 12.4. The number of hydrogen-bond acceptors (Lipinski definition) is 5. The predicted molar refractivity (Wildman–Crippen MR) is 94.7 cm³/mol. The van der Waals surface area contributed by atoms with E-state index >= 15 is 0 Å². The molecule has 2 N–H and O–H groups in total. The van der Waals surface area contributed by atoms with Crippen LogP contribution >= 0.6 is 0 Å². The Hall–Kier alpha value is -3.35. The Kier molecular flexibility index (Phi) is 4.88. The van der Waals surface area contributed by atoms with Crippen molar-refractivity contribution in [2.24, 2.45) is 0 Å². The Morgan fingerprint density at radius 2 is 1.96 bits per heavy atom. The van der Waals surface area contributed by atoms with E-state index in [-0.39, 0.29) is 12.5 Å². The Morgan fingerprint density at radius 3 is 2.65 bits per heavy atom. The summed E-state index contributed by atoms with van der Waals surface area (Å²) in [7, 11) is 1.31. The number of carbonyl (C=O) groups is 2. The van der Waals surface area contributed by atoms with Crippen LogP contribution in [0.2, 0.25) is 0 Å². The van der Waals surface area contributed by atoms with Crippen LogP contribution in [0.5, 0.6) is 0 Å². The van der Waals surface area contributed by atoms with Crippen LogP contribution in [0.25, 0.3) is 11.3 Å². The molecule has 2 aromatic heterocycles. The summed E-state index contributed by atoms with van der Waals surface area (Å²) in [5, 5.41) is 6.74. The minimum atomic E-state index is -0.473. The third-order valence-electron chi connectivity index (χ3n) is 4.10. The molecule has 0 aliphatic rings. The topological polar surface area (TPSA) is 97.2 Å². The lowest BCUT2D eigenvalue weighted by molar-refractivity contribution is 0.0599. The van der Waals surface area contributed by atoms with Crippen molar-refractivity contribution in [1.82, 2.24) is 15.5 Å². The van der Waals surface area contributed by atoms with Gasteiger partial charge in [0.2, 0.25) is 0 Å². The fourth-order valence-electron chi connectivity index (χ4n) is 2.78. The number of nitrogens with one attached hydrogen (secondary N) is 2. The average Bonchev–Trinajstić information content (AvgIpc) is 3.24. The number of aryl methyl sites for hydroxylation is 1. The number of aromatic amines is 1. The van der Waals surface area contributed by atoms with Crippen LogP contribution < -0.4 is 5.32 Å². The number of nitrogens with zero attached hydrogens (tertiary/aromatic N) is 1. The fourth-order valence-corrected chi connectivity index (χ4v) is 2.78. The van der Waals surface area contributed by atoms with Gasteiger partial charge >= 0.3 is 5.97 Å². The number of H-pyrrole nitrogens is 1. The van der Waals surface area contributed by atoms with E-state index in [0.29, 0.717) is 34.0 Å². The number of amides is 1. The molecule has 1 aromatic carbocycles. The largest absolute Gasteiger partial charge is 0.465 e. The first-order valence-electron chi connectivity index (χ1n) is 8.08. The monoisotopic (exact) mass is 353 g/mol. The van der Waals surface area contributed by atoms with E-state index < -0.39 is 5.97 Å². The number of benzene rings is 1. The van der Waals surface area contributed by atoms with Gasteiger partial charge in [0.25, 0.3) is 5.91 Å². The van der Waals surface area contributed by atoms with Gasteiger partial charge in [0.15, 0.2) is 5.76 Å². The minimum Gasteiger partial charge on any atom is -0.465 e. The molecule has 26 heavy (non-hydrogen) atoms. The number of hydrogen-bond donors (Lipinski definition) is 2. The van der Waals surface area contributed by atoms with Crippen LogP contribution in [0.15, 0.2) is 40.9 Å². The summed E-state index contributed by atoms with van der Waals surface area (Å²) in [4.78, 5) is 27.2. The van der Waals surface area contributed by atoms with Crippen molar-refractivity contribution in [3.8, 4) is 11.3 Å². The number of esters is 1. The molecule has 0 bridgehead atoms. The summed E-state index contributed by atoms with van der Waals surface area (Å²) in [6.45, 7) is 3.63. The van der Waals surface area contributed by atoms with E-state index in [9.17, 15) is 9.59 Å². The van der Waals surface area contributed by atoms with Gasteiger partial charge in [0, 0.05) is 17.3 Å². The first kappa shape index (κ1) is 17.5. The fraction of sp³-hybridized carbons (Fsp3) is 0.211. The van der Waals surface area contributed by atoms with Crippen LogP contribution in [0.3, 0.4) is 0 Å². The molecule has 7 nitrogen and oxygen atoms in total. The van der Waals surface area contributed by atoms with E-state index in [1.54, 1.807) is 19.9 Å². The average molecular weight is 353 g/mol. The highest BCUT2D eigenvalue weighted by Crippen LogP contribution is 2.21. The highest BCUT2D eigenvalue weighted by molar-refractivity contribution is 6.00. The van der Waals surface area contributed by atoms with Gasteiger partial charge in [-0.3, -0.25) is 4.79 Å². The molecule has 0 unspecified atom stereocenters. The molecule has 3 aromatic rings. The van der Waals surface area contributed by atoms with E-state index in [4.69, 9.17) is 9.26 Å². The molecule has 134 valence electrons. The summed E-state index contributed by atoms with van der Waals surface area (Å²) in [5.74, 6) is -0.168. The zero-order chi connectivity index (χ0) is 18.7.